The van der Waals surface area contributed by atoms with Crippen LogP contribution < -0.4 is 11.1 Å². The normalized spacial score (nSPS) is 13.8. The quantitative estimate of drug-likeness (QED) is 0.755. The Labute approximate surface area is 101 Å². The Bertz CT molecular complexity index is 390. The standard InChI is InChI=1S/C13H18N2O2/c1-3-11(12(14)16)13(17)15-9(2)10-7-5-4-6-8-10/h4-9,11H,3H2,1-2H3,(H2,14,16)(H,15,17)/t9-,11+/m1/s1. The minimum Gasteiger partial charge on any atom is -0.369 e. The first-order chi connectivity index (χ1) is 8.06. The Morgan fingerprint density at radius 3 is 2.35 bits per heavy atom. The molecule has 1 aromatic carbocycles. The molecule has 0 heterocycles. The van der Waals surface area contributed by atoms with E-state index in [0.29, 0.717) is 6.42 Å². The van der Waals surface area contributed by atoms with Crippen molar-refractivity contribution in [3.8, 4) is 0 Å². The highest BCUT2D eigenvalue weighted by molar-refractivity contribution is 5.99. The van der Waals surface area contributed by atoms with Crippen molar-refractivity contribution in [2.45, 2.75) is 26.3 Å². The van der Waals surface area contributed by atoms with Crippen LogP contribution in [0.1, 0.15) is 31.9 Å². The van der Waals surface area contributed by atoms with Gasteiger partial charge in [-0.3, -0.25) is 9.59 Å². The zero-order valence-electron chi connectivity index (χ0n) is 10.1. The molecule has 1 aromatic rings. The molecule has 0 spiro atoms. The Morgan fingerprint density at radius 1 is 1.29 bits per heavy atom. The molecule has 3 N–H and O–H groups in total. The lowest BCUT2D eigenvalue weighted by atomic mass is 10.0. The number of carbonyl (C=O) groups excluding carboxylic acids is 2. The van der Waals surface area contributed by atoms with Crippen LogP contribution in [0.25, 0.3) is 0 Å². The lowest BCUT2D eigenvalue weighted by molar-refractivity contribution is -0.134. The second-order valence-electron chi connectivity index (χ2n) is 4.00. The molecule has 0 radical (unpaired) electrons. The van der Waals surface area contributed by atoms with E-state index in [1.165, 1.54) is 0 Å². The first kappa shape index (κ1) is 13.2. The third-order valence-corrected chi connectivity index (χ3v) is 2.73. The summed E-state index contributed by atoms with van der Waals surface area (Å²) in [6.07, 6.45) is 0.419. The van der Waals surface area contributed by atoms with Gasteiger partial charge >= 0.3 is 0 Å². The zero-order valence-corrected chi connectivity index (χ0v) is 10.1. The topological polar surface area (TPSA) is 72.2 Å². The van der Waals surface area contributed by atoms with E-state index in [1.807, 2.05) is 37.3 Å². The predicted octanol–water partition coefficient (Wildman–Crippen LogP) is 1.38. The van der Waals surface area contributed by atoms with E-state index in [9.17, 15) is 9.59 Å². The number of rotatable bonds is 5. The van der Waals surface area contributed by atoms with Gasteiger partial charge in [-0.15, -0.1) is 0 Å². The number of nitrogens with two attached hydrogens (primary N) is 1. The van der Waals surface area contributed by atoms with E-state index in [2.05, 4.69) is 5.32 Å². The number of benzene rings is 1. The van der Waals surface area contributed by atoms with Crippen molar-refractivity contribution in [3.63, 3.8) is 0 Å². The van der Waals surface area contributed by atoms with E-state index in [1.54, 1.807) is 6.92 Å². The molecule has 17 heavy (non-hydrogen) atoms. The number of primary amides is 1. The molecule has 0 aliphatic rings. The summed E-state index contributed by atoms with van der Waals surface area (Å²) < 4.78 is 0. The number of nitrogens with one attached hydrogen (secondary N) is 1. The van der Waals surface area contributed by atoms with E-state index < -0.39 is 11.8 Å². The molecule has 0 bridgehead atoms. The van der Waals surface area contributed by atoms with Crippen molar-refractivity contribution < 1.29 is 9.59 Å². The highest BCUT2D eigenvalue weighted by atomic mass is 16.2. The summed E-state index contributed by atoms with van der Waals surface area (Å²) in [5, 5.41) is 2.79. The van der Waals surface area contributed by atoms with Crippen LogP contribution >= 0.6 is 0 Å². The molecule has 0 aliphatic heterocycles. The molecular weight excluding hydrogens is 216 g/mol. The first-order valence-corrected chi connectivity index (χ1v) is 5.71. The van der Waals surface area contributed by atoms with Gasteiger partial charge in [-0.1, -0.05) is 37.3 Å². The van der Waals surface area contributed by atoms with Gasteiger partial charge in [0.1, 0.15) is 5.92 Å². The van der Waals surface area contributed by atoms with Crippen molar-refractivity contribution in [1.82, 2.24) is 5.32 Å². The van der Waals surface area contributed by atoms with Gasteiger partial charge in [-0.25, -0.2) is 0 Å². The smallest absolute Gasteiger partial charge is 0.233 e. The van der Waals surface area contributed by atoms with Gasteiger partial charge in [0.05, 0.1) is 6.04 Å². The predicted molar refractivity (Wildman–Crippen MR) is 66.0 cm³/mol. The maximum absolute atomic E-state index is 11.8. The average molecular weight is 234 g/mol. The number of hydrogen-bond donors (Lipinski definition) is 2. The van der Waals surface area contributed by atoms with Crippen molar-refractivity contribution >= 4 is 11.8 Å². The average Bonchev–Trinajstić information content (AvgIpc) is 2.30. The molecule has 0 fully saturated rings. The van der Waals surface area contributed by atoms with Crippen LogP contribution in [0, 0.1) is 5.92 Å². The monoisotopic (exact) mass is 234 g/mol. The van der Waals surface area contributed by atoms with Crippen LogP contribution in [0.2, 0.25) is 0 Å². The van der Waals surface area contributed by atoms with Gasteiger partial charge in [0.2, 0.25) is 11.8 Å². The third kappa shape index (κ3) is 3.59. The summed E-state index contributed by atoms with van der Waals surface area (Å²) in [6, 6.07) is 9.45. The van der Waals surface area contributed by atoms with E-state index in [-0.39, 0.29) is 11.9 Å². The molecule has 0 saturated carbocycles. The van der Waals surface area contributed by atoms with Crippen molar-refractivity contribution in [1.29, 1.82) is 0 Å². The van der Waals surface area contributed by atoms with Crippen LogP contribution in [0.3, 0.4) is 0 Å². The van der Waals surface area contributed by atoms with Crippen LogP contribution in [0.5, 0.6) is 0 Å². The molecule has 92 valence electrons. The summed E-state index contributed by atoms with van der Waals surface area (Å²) in [5.74, 6) is -1.64. The van der Waals surface area contributed by atoms with Crippen LogP contribution in [0.15, 0.2) is 30.3 Å². The van der Waals surface area contributed by atoms with Gasteiger partial charge < -0.3 is 11.1 Å². The lowest BCUT2D eigenvalue weighted by Crippen LogP contribution is -2.39. The molecule has 1 rings (SSSR count). The Morgan fingerprint density at radius 2 is 1.88 bits per heavy atom. The fourth-order valence-corrected chi connectivity index (χ4v) is 1.65. The Hall–Kier alpha value is -1.84. The molecule has 0 aliphatic carbocycles. The highest BCUT2D eigenvalue weighted by Gasteiger charge is 2.23. The summed E-state index contributed by atoms with van der Waals surface area (Å²) >= 11 is 0. The SMILES string of the molecule is CC[C@@H](C(N)=O)C(=O)N[C@H](C)c1ccccc1. The maximum Gasteiger partial charge on any atom is 0.233 e. The summed E-state index contributed by atoms with van der Waals surface area (Å²) in [5.41, 5.74) is 6.16. The van der Waals surface area contributed by atoms with Crippen LogP contribution in [-0.2, 0) is 9.59 Å². The largest absolute Gasteiger partial charge is 0.369 e. The fraction of sp³-hybridized carbons (Fsp3) is 0.385. The number of carbonyl (C=O) groups is 2. The van der Waals surface area contributed by atoms with E-state index in [4.69, 9.17) is 5.73 Å². The maximum atomic E-state index is 11.8. The molecule has 0 saturated heterocycles. The third-order valence-electron chi connectivity index (χ3n) is 2.73. The van der Waals surface area contributed by atoms with Gasteiger partial charge in [-0.2, -0.15) is 0 Å². The second-order valence-corrected chi connectivity index (χ2v) is 4.00. The van der Waals surface area contributed by atoms with Gasteiger partial charge in [0.15, 0.2) is 0 Å². The molecule has 0 aromatic heterocycles. The highest BCUT2D eigenvalue weighted by Crippen LogP contribution is 2.12. The molecule has 0 unspecified atom stereocenters. The molecule has 2 amide bonds. The van der Waals surface area contributed by atoms with Gasteiger partial charge in [0, 0.05) is 0 Å². The molecule has 4 nitrogen and oxygen atoms in total. The minimum atomic E-state index is -0.749. The second kappa shape index (κ2) is 6.03. The van der Waals surface area contributed by atoms with Gasteiger partial charge in [0.25, 0.3) is 0 Å². The first-order valence-electron chi connectivity index (χ1n) is 5.71. The Balaban J connectivity index is 2.66. The van der Waals surface area contributed by atoms with Gasteiger partial charge in [-0.05, 0) is 18.9 Å². The summed E-state index contributed by atoms with van der Waals surface area (Å²) in [6.45, 7) is 3.64. The Kier molecular flexibility index (Phi) is 4.69. The summed E-state index contributed by atoms with van der Waals surface area (Å²) in [4.78, 5) is 22.8. The lowest BCUT2D eigenvalue weighted by Gasteiger charge is -2.17. The van der Waals surface area contributed by atoms with Crippen molar-refractivity contribution in [3.05, 3.63) is 35.9 Å². The molecule has 2 atom stereocenters. The fourth-order valence-electron chi connectivity index (χ4n) is 1.65. The van der Waals surface area contributed by atoms with Crippen molar-refractivity contribution in [2.75, 3.05) is 0 Å². The number of amides is 2. The van der Waals surface area contributed by atoms with Crippen LogP contribution in [0.4, 0.5) is 0 Å². The van der Waals surface area contributed by atoms with Crippen molar-refractivity contribution in [2.24, 2.45) is 11.7 Å². The molecule has 4 heteroatoms. The molecular formula is C13H18N2O2. The minimum absolute atomic E-state index is 0.128. The van der Waals surface area contributed by atoms with Crippen LogP contribution in [-0.4, -0.2) is 11.8 Å². The summed E-state index contributed by atoms with van der Waals surface area (Å²) in [7, 11) is 0. The van der Waals surface area contributed by atoms with E-state index in [0.717, 1.165) is 5.56 Å². The number of hydrogen-bond acceptors (Lipinski definition) is 2. The van der Waals surface area contributed by atoms with E-state index >= 15 is 0 Å². The zero-order chi connectivity index (χ0) is 12.8.